The number of furan rings is 1. The average Bonchev–Trinajstić information content (AvgIpc) is 3.19. The summed E-state index contributed by atoms with van der Waals surface area (Å²) in [5, 5.41) is 20.3. The summed E-state index contributed by atoms with van der Waals surface area (Å²) in [7, 11) is 0. The summed E-state index contributed by atoms with van der Waals surface area (Å²) in [6.07, 6.45) is 0.157. The van der Waals surface area contributed by atoms with Crippen LogP contribution < -0.4 is 5.32 Å². The minimum Gasteiger partial charge on any atom is -0.475 e. The van der Waals surface area contributed by atoms with Gasteiger partial charge in [-0.25, -0.2) is 4.79 Å². The molecular weight excluding hydrogens is 322 g/mol. The average molecular weight is 335 g/mol. The molecule has 0 radical (unpaired) electrons. The lowest BCUT2D eigenvalue weighted by Crippen LogP contribution is -2.14. The molecule has 2 aromatic heterocycles. The van der Waals surface area contributed by atoms with Gasteiger partial charge in [0.2, 0.25) is 11.7 Å². The van der Waals surface area contributed by atoms with Gasteiger partial charge in [-0.2, -0.15) is 5.10 Å². The number of amides is 1. The highest BCUT2D eigenvalue weighted by Gasteiger charge is 2.13. The monoisotopic (exact) mass is 335 g/mol. The van der Waals surface area contributed by atoms with Crippen LogP contribution in [0, 0.1) is 0 Å². The van der Waals surface area contributed by atoms with Crippen LogP contribution in [-0.4, -0.2) is 27.2 Å². The van der Waals surface area contributed by atoms with Crippen molar-refractivity contribution in [1.82, 2.24) is 10.2 Å². The normalized spacial score (nSPS) is 11.0. The Kier molecular flexibility index (Phi) is 3.46. The first-order valence-electron chi connectivity index (χ1n) is 7.59. The van der Waals surface area contributed by atoms with Gasteiger partial charge in [0.1, 0.15) is 5.58 Å². The summed E-state index contributed by atoms with van der Waals surface area (Å²) >= 11 is 0. The first-order valence-corrected chi connectivity index (χ1v) is 7.59. The van der Waals surface area contributed by atoms with Crippen molar-refractivity contribution in [1.29, 1.82) is 0 Å². The number of carbonyl (C=O) groups excluding carboxylic acids is 1. The lowest BCUT2D eigenvalue weighted by atomic mass is 10.1. The zero-order valence-electron chi connectivity index (χ0n) is 12.9. The quantitative estimate of drug-likeness (QED) is 0.531. The smallest absolute Gasteiger partial charge is 0.371 e. The van der Waals surface area contributed by atoms with Crippen LogP contribution in [0.25, 0.3) is 21.9 Å². The summed E-state index contributed by atoms with van der Waals surface area (Å²) in [6, 6.07) is 14.0. The van der Waals surface area contributed by atoms with Crippen molar-refractivity contribution < 1.29 is 19.1 Å². The lowest BCUT2D eigenvalue weighted by Gasteiger charge is -2.04. The minimum atomic E-state index is -1.13. The number of aromatic carboxylic acids is 1. The number of aromatic nitrogens is 2. The second-order valence-corrected chi connectivity index (χ2v) is 5.61. The number of para-hydroxylation sites is 1. The molecule has 0 atom stereocenters. The number of carbonyl (C=O) groups is 2. The molecule has 0 fully saturated rings. The van der Waals surface area contributed by atoms with Crippen LogP contribution in [0.4, 0.5) is 5.69 Å². The van der Waals surface area contributed by atoms with Gasteiger partial charge in [-0.3, -0.25) is 9.89 Å². The van der Waals surface area contributed by atoms with Crippen LogP contribution in [0.3, 0.4) is 0 Å². The van der Waals surface area contributed by atoms with Crippen molar-refractivity contribution >= 4 is 39.4 Å². The number of fused-ring (bicyclic) bond motifs is 2. The van der Waals surface area contributed by atoms with E-state index in [0.29, 0.717) is 16.7 Å². The molecule has 124 valence electrons. The number of aromatic amines is 1. The molecule has 0 aliphatic rings. The van der Waals surface area contributed by atoms with E-state index in [4.69, 9.17) is 9.52 Å². The Morgan fingerprint density at radius 1 is 1.16 bits per heavy atom. The Balaban J connectivity index is 1.54. The Hall–Kier alpha value is -3.61. The third-order valence-corrected chi connectivity index (χ3v) is 3.89. The van der Waals surface area contributed by atoms with Crippen molar-refractivity contribution in [2.24, 2.45) is 0 Å². The minimum absolute atomic E-state index is 0.137. The predicted molar refractivity (Wildman–Crippen MR) is 91.6 cm³/mol. The van der Waals surface area contributed by atoms with Gasteiger partial charge in [-0.05, 0) is 30.3 Å². The van der Waals surface area contributed by atoms with E-state index >= 15 is 0 Å². The molecule has 0 aliphatic carbocycles. The number of H-pyrrole nitrogens is 1. The number of carboxylic acids is 1. The molecular formula is C18H13N3O4. The van der Waals surface area contributed by atoms with Crippen molar-refractivity contribution in [3.05, 3.63) is 60.0 Å². The molecule has 7 nitrogen and oxygen atoms in total. The first-order chi connectivity index (χ1) is 12.1. The Morgan fingerprint density at radius 2 is 2.00 bits per heavy atom. The van der Waals surface area contributed by atoms with Gasteiger partial charge in [-0.15, -0.1) is 0 Å². The molecule has 4 rings (SSSR count). The number of rotatable bonds is 4. The van der Waals surface area contributed by atoms with E-state index in [1.54, 1.807) is 18.2 Å². The van der Waals surface area contributed by atoms with Crippen LogP contribution in [0.2, 0.25) is 0 Å². The Labute approximate surface area is 141 Å². The van der Waals surface area contributed by atoms with Crippen molar-refractivity contribution in [3.63, 3.8) is 0 Å². The molecule has 0 saturated carbocycles. The van der Waals surface area contributed by atoms with E-state index in [0.717, 1.165) is 16.6 Å². The summed E-state index contributed by atoms with van der Waals surface area (Å²) < 4.78 is 5.20. The molecule has 7 heteroatoms. The lowest BCUT2D eigenvalue weighted by molar-refractivity contribution is -0.115. The van der Waals surface area contributed by atoms with Crippen LogP contribution in [0.1, 0.15) is 16.2 Å². The standard InChI is InChI=1S/C18H13N3O4/c22-17(9-14-12-3-1-2-4-13(12)20-21-14)19-11-5-6-15-10(7-11)8-16(25-15)18(23)24/h1-8H,9H2,(H,19,22)(H,20,21)(H,23,24). The predicted octanol–water partition coefficient (Wildman–Crippen LogP) is 3.19. The van der Waals surface area contributed by atoms with Gasteiger partial charge in [0, 0.05) is 16.5 Å². The fourth-order valence-electron chi connectivity index (χ4n) is 2.74. The van der Waals surface area contributed by atoms with Gasteiger partial charge < -0.3 is 14.8 Å². The maximum Gasteiger partial charge on any atom is 0.371 e. The van der Waals surface area contributed by atoms with Gasteiger partial charge in [0.05, 0.1) is 17.6 Å². The summed E-state index contributed by atoms with van der Waals surface area (Å²) in [6.45, 7) is 0. The maximum absolute atomic E-state index is 12.3. The number of anilines is 1. The Morgan fingerprint density at radius 3 is 2.84 bits per heavy atom. The molecule has 1 amide bonds. The Bertz CT molecular complexity index is 1110. The van der Waals surface area contributed by atoms with E-state index in [1.165, 1.54) is 6.07 Å². The summed E-state index contributed by atoms with van der Waals surface area (Å²) in [4.78, 5) is 23.2. The molecule has 0 unspecified atom stereocenters. The van der Waals surface area contributed by atoms with E-state index in [9.17, 15) is 9.59 Å². The van der Waals surface area contributed by atoms with E-state index in [-0.39, 0.29) is 18.1 Å². The zero-order valence-corrected chi connectivity index (χ0v) is 12.9. The fraction of sp³-hybridized carbons (Fsp3) is 0.0556. The number of hydrogen-bond acceptors (Lipinski definition) is 4. The highest BCUT2D eigenvalue weighted by Crippen LogP contribution is 2.23. The zero-order chi connectivity index (χ0) is 17.4. The summed E-state index contributed by atoms with van der Waals surface area (Å²) in [5.74, 6) is -1.47. The third-order valence-electron chi connectivity index (χ3n) is 3.89. The SMILES string of the molecule is O=C(Cc1[nH]nc2ccccc12)Nc1ccc2oc(C(=O)O)cc2c1. The highest BCUT2D eigenvalue weighted by atomic mass is 16.4. The van der Waals surface area contributed by atoms with E-state index in [2.05, 4.69) is 15.5 Å². The third kappa shape index (κ3) is 2.83. The van der Waals surface area contributed by atoms with Crippen LogP contribution in [-0.2, 0) is 11.2 Å². The largest absolute Gasteiger partial charge is 0.475 e. The first kappa shape index (κ1) is 14.9. The van der Waals surface area contributed by atoms with Crippen molar-refractivity contribution in [3.8, 4) is 0 Å². The molecule has 0 spiro atoms. The van der Waals surface area contributed by atoms with Gasteiger partial charge in [0.15, 0.2) is 0 Å². The highest BCUT2D eigenvalue weighted by molar-refractivity contribution is 5.97. The molecule has 2 aromatic carbocycles. The number of hydrogen-bond donors (Lipinski definition) is 3. The molecule has 3 N–H and O–H groups in total. The number of benzene rings is 2. The van der Waals surface area contributed by atoms with Crippen LogP contribution in [0.15, 0.2) is 52.9 Å². The maximum atomic E-state index is 12.3. The molecule has 0 saturated heterocycles. The van der Waals surface area contributed by atoms with Crippen molar-refractivity contribution in [2.75, 3.05) is 5.32 Å². The number of carboxylic acid groups (broad SMARTS) is 1. The van der Waals surface area contributed by atoms with E-state index in [1.807, 2.05) is 24.3 Å². The molecule has 2 heterocycles. The second-order valence-electron chi connectivity index (χ2n) is 5.61. The topological polar surface area (TPSA) is 108 Å². The molecule has 4 aromatic rings. The van der Waals surface area contributed by atoms with Gasteiger partial charge >= 0.3 is 5.97 Å². The van der Waals surface area contributed by atoms with Crippen LogP contribution in [0.5, 0.6) is 0 Å². The van der Waals surface area contributed by atoms with Gasteiger partial charge in [-0.1, -0.05) is 18.2 Å². The molecule has 25 heavy (non-hydrogen) atoms. The summed E-state index contributed by atoms with van der Waals surface area (Å²) in [5.41, 5.74) is 2.57. The molecule has 0 bridgehead atoms. The van der Waals surface area contributed by atoms with E-state index < -0.39 is 5.97 Å². The van der Waals surface area contributed by atoms with Crippen molar-refractivity contribution in [2.45, 2.75) is 6.42 Å². The number of nitrogens with zero attached hydrogens (tertiary/aromatic N) is 1. The van der Waals surface area contributed by atoms with Crippen LogP contribution >= 0.6 is 0 Å². The number of nitrogens with one attached hydrogen (secondary N) is 2. The molecule has 0 aliphatic heterocycles. The van der Waals surface area contributed by atoms with Gasteiger partial charge in [0.25, 0.3) is 0 Å². The fourth-order valence-corrected chi connectivity index (χ4v) is 2.74. The second kappa shape index (κ2) is 5.79.